The maximum Gasteiger partial charge on any atom is 0.220 e. The molecule has 4 nitrogen and oxygen atoms in total. The van der Waals surface area contributed by atoms with E-state index in [-0.39, 0.29) is 5.91 Å². The van der Waals surface area contributed by atoms with Crippen LogP contribution in [0.1, 0.15) is 71.1 Å². The molecule has 0 aromatic carbocycles. The van der Waals surface area contributed by atoms with Crippen molar-refractivity contribution in [2.45, 2.75) is 71.1 Å². The molecular weight excluding hydrogens is 290 g/mol. The molecule has 0 heterocycles. The molecule has 1 N–H and O–H groups in total. The maximum atomic E-state index is 11.6. The number of unbranched alkanes of at least 4 members (excludes halogenated alkanes) is 8. The van der Waals surface area contributed by atoms with Crippen LogP contribution in [0.15, 0.2) is 12.7 Å². The van der Waals surface area contributed by atoms with E-state index in [1.807, 2.05) is 0 Å². The van der Waals surface area contributed by atoms with Crippen molar-refractivity contribution in [3.05, 3.63) is 12.7 Å². The van der Waals surface area contributed by atoms with Crippen molar-refractivity contribution in [2.24, 2.45) is 0 Å². The largest absolute Gasteiger partial charge is 0.377 e. The minimum absolute atomic E-state index is 0.138. The van der Waals surface area contributed by atoms with Gasteiger partial charge in [-0.15, -0.1) is 6.58 Å². The molecule has 0 spiro atoms. The van der Waals surface area contributed by atoms with Crippen LogP contribution in [0, 0.1) is 0 Å². The van der Waals surface area contributed by atoms with Gasteiger partial charge in [-0.1, -0.05) is 64.4 Å². The number of carbonyl (C=O) groups is 1. The van der Waals surface area contributed by atoms with Crippen LogP contribution in [0.2, 0.25) is 0 Å². The van der Waals surface area contributed by atoms with Gasteiger partial charge in [0.15, 0.2) is 0 Å². The normalized spacial score (nSPS) is 10.7. The van der Waals surface area contributed by atoms with Gasteiger partial charge in [0.25, 0.3) is 0 Å². The fourth-order valence-electron chi connectivity index (χ4n) is 2.33. The molecule has 136 valence electrons. The van der Waals surface area contributed by atoms with Crippen LogP contribution in [-0.4, -0.2) is 38.9 Å². The van der Waals surface area contributed by atoms with Crippen molar-refractivity contribution in [1.29, 1.82) is 0 Å². The van der Waals surface area contributed by atoms with Gasteiger partial charge in [0.2, 0.25) is 5.91 Å². The summed E-state index contributed by atoms with van der Waals surface area (Å²) in [5.41, 5.74) is 0. The molecule has 0 unspecified atom stereocenters. The summed E-state index contributed by atoms with van der Waals surface area (Å²) in [5, 5.41) is 2.89. The zero-order chi connectivity index (χ0) is 17.0. The molecule has 0 rings (SSSR count). The van der Waals surface area contributed by atoms with Gasteiger partial charge in [-0.2, -0.15) is 0 Å². The van der Waals surface area contributed by atoms with Crippen molar-refractivity contribution in [2.75, 3.05) is 33.0 Å². The highest BCUT2D eigenvalue weighted by molar-refractivity contribution is 5.75. The van der Waals surface area contributed by atoms with Gasteiger partial charge in [0.1, 0.15) is 0 Å². The number of amides is 1. The van der Waals surface area contributed by atoms with Gasteiger partial charge in [-0.3, -0.25) is 4.79 Å². The van der Waals surface area contributed by atoms with Crippen LogP contribution in [-0.2, 0) is 14.3 Å². The topological polar surface area (TPSA) is 47.6 Å². The monoisotopic (exact) mass is 327 g/mol. The van der Waals surface area contributed by atoms with Gasteiger partial charge < -0.3 is 14.8 Å². The summed E-state index contributed by atoms with van der Waals surface area (Å²) in [6.45, 7) is 8.62. The predicted molar refractivity (Wildman–Crippen MR) is 96.7 cm³/mol. The second-order valence-corrected chi connectivity index (χ2v) is 5.90. The molecule has 0 saturated heterocycles. The summed E-state index contributed by atoms with van der Waals surface area (Å²) in [4.78, 5) is 11.6. The lowest BCUT2D eigenvalue weighted by Crippen LogP contribution is -2.27. The highest BCUT2D eigenvalue weighted by atomic mass is 16.5. The number of hydrogen-bond acceptors (Lipinski definition) is 3. The first-order valence-electron chi connectivity index (χ1n) is 9.34. The maximum absolute atomic E-state index is 11.6. The van der Waals surface area contributed by atoms with E-state index in [0.29, 0.717) is 39.4 Å². The van der Waals surface area contributed by atoms with Crippen molar-refractivity contribution in [1.82, 2.24) is 5.32 Å². The van der Waals surface area contributed by atoms with Crippen molar-refractivity contribution in [3.8, 4) is 0 Å². The molecule has 0 aliphatic carbocycles. The number of ether oxygens (including phenoxy) is 2. The van der Waals surface area contributed by atoms with E-state index in [1.54, 1.807) is 6.08 Å². The van der Waals surface area contributed by atoms with Gasteiger partial charge in [-0.05, 0) is 6.42 Å². The smallest absolute Gasteiger partial charge is 0.220 e. The Morgan fingerprint density at radius 3 is 2.17 bits per heavy atom. The summed E-state index contributed by atoms with van der Waals surface area (Å²) in [6.07, 6.45) is 13.9. The third-order valence-electron chi connectivity index (χ3n) is 3.68. The van der Waals surface area contributed by atoms with Gasteiger partial charge in [0.05, 0.1) is 26.4 Å². The summed E-state index contributed by atoms with van der Waals surface area (Å²) in [5.74, 6) is 0.138. The Hall–Kier alpha value is -0.870. The van der Waals surface area contributed by atoms with Gasteiger partial charge in [-0.25, -0.2) is 0 Å². The molecule has 0 aliphatic rings. The Morgan fingerprint density at radius 2 is 1.52 bits per heavy atom. The highest BCUT2D eigenvalue weighted by Crippen LogP contribution is 2.10. The Labute approximate surface area is 143 Å². The first-order chi connectivity index (χ1) is 11.3. The minimum Gasteiger partial charge on any atom is -0.377 e. The highest BCUT2D eigenvalue weighted by Gasteiger charge is 2.00. The molecule has 0 radical (unpaired) electrons. The molecular formula is C19H37NO3. The standard InChI is InChI=1S/C19H37NO3/c1-3-5-6-7-8-9-10-11-12-13-19(21)20-14-16-23-18-17-22-15-4-2/h4H,2-3,5-18H2,1H3,(H,20,21). The van der Waals surface area contributed by atoms with E-state index in [0.717, 1.165) is 6.42 Å². The van der Waals surface area contributed by atoms with Crippen LogP contribution < -0.4 is 5.32 Å². The fraction of sp³-hybridized carbons (Fsp3) is 0.842. The lowest BCUT2D eigenvalue weighted by Gasteiger charge is -2.07. The molecule has 0 atom stereocenters. The molecule has 0 bridgehead atoms. The van der Waals surface area contributed by atoms with Crippen molar-refractivity contribution < 1.29 is 14.3 Å². The molecule has 0 aromatic heterocycles. The Bertz CT molecular complexity index is 269. The van der Waals surface area contributed by atoms with Crippen LogP contribution in [0.4, 0.5) is 0 Å². The lowest BCUT2D eigenvalue weighted by molar-refractivity contribution is -0.121. The van der Waals surface area contributed by atoms with Gasteiger partial charge in [0, 0.05) is 13.0 Å². The molecule has 4 heteroatoms. The van der Waals surface area contributed by atoms with Crippen molar-refractivity contribution >= 4 is 5.91 Å². The summed E-state index contributed by atoms with van der Waals surface area (Å²) < 4.78 is 10.5. The lowest BCUT2D eigenvalue weighted by atomic mass is 10.1. The zero-order valence-electron chi connectivity index (χ0n) is 15.1. The summed E-state index contributed by atoms with van der Waals surface area (Å²) in [6, 6.07) is 0. The molecule has 0 aliphatic heterocycles. The SMILES string of the molecule is C=CCOCCOCCNC(=O)CCCCCCCCCCC. The Kier molecular flexibility index (Phi) is 18.5. The second-order valence-electron chi connectivity index (χ2n) is 5.90. The van der Waals surface area contributed by atoms with E-state index in [9.17, 15) is 4.79 Å². The van der Waals surface area contributed by atoms with Gasteiger partial charge >= 0.3 is 0 Å². The third kappa shape index (κ3) is 19.1. The minimum atomic E-state index is 0.138. The molecule has 23 heavy (non-hydrogen) atoms. The van der Waals surface area contributed by atoms with E-state index < -0.39 is 0 Å². The fourth-order valence-corrected chi connectivity index (χ4v) is 2.33. The van der Waals surface area contributed by atoms with Crippen molar-refractivity contribution in [3.63, 3.8) is 0 Å². The number of hydrogen-bond donors (Lipinski definition) is 1. The number of nitrogens with one attached hydrogen (secondary N) is 1. The van der Waals surface area contributed by atoms with Crippen LogP contribution in [0.5, 0.6) is 0 Å². The number of rotatable bonds is 18. The number of carbonyl (C=O) groups excluding carboxylic acids is 1. The average Bonchev–Trinajstić information content (AvgIpc) is 2.56. The van der Waals surface area contributed by atoms with E-state index in [1.165, 1.54) is 51.4 Å². The predicted octanol–water partition coefficient (Wildman–Crippen LogP) is 4.24. The van der Waals surface area contributed by atoms with Crippen LogP contribution in [0.3, 0.4) is 0 Å². The molecule has 0 saturated carbocycles. The van der Waals surface area contributed by atoms with E-state index in [2.05, 4.69) is 18.8 Å². The quantitative estimate of drug-likeness (QED) is 0.302. The molecule has 0 aromatic rings. The zero-order valence-corrected chi connectivity index (χ0v) is 15.1. The van der Waals surface area contributed by atoms with Crippen LogP contribution >= 0.6 is 0 Å². The van der Waals surface area contributed by atoms with E-state index in [4.69, 9.17) is 9.47 Å². The van der Waals surface area contributed by atoms with E-state index >= 15 is 0 Å². The second kappa shape index (κ2) is 19.2. The average molecular weight is 328 g/mol. The summed E-state index contributed by atoms with van der Waals surface area (Å²) in [7, 11) is 0. The molecule has 1 amide bonds. The Morgan fingerprint density at radius 1 is 0.913 bits per heavy atom. The first-order valence-corrected chi connectivity index (χ1v) is 9.34. The molecule has 0 fully saturated rings. The first kappa shape index (κ1) is 22.1. The Balaban J connectivity index is 3.14. The third-order valence-corrected chi connectivity index (χ3v) is 3.68. The summed E-state index contributed by atoms with van der Waals surface area (Å²) >= 11 is 0. The van der Waals surface area contributed by atoms with Crippen LogP contribution in [0.25, 0.3) is 0 Å².